The van der Waals surface area contributed by atoms with E-state index in [1.807, 2.05) is 19.1 Å². The molecule has 1 unspecified atom stereocenters. The molecule has 0 fully saturated rings. The molecule has 2 aromatic rings. The van der Waals surface area contributed by atoms with E-state index in [1.54, 1.807) is 6.20 Å². The van der Waals surface area contributed by atoms with Crippen LogP contribution >= 0.6 is 0 Å². The first-order chi connectivity index (χ1) is 9.20. The third-order valence-corrected chi connectivity index (χ3v) is 2.97. The van der Waals surface area contributed by atoms with Gasteiger partial charge in [0.05, 0.1) is 12.3 Å². The zero-order chi connectivity index (χ0) is 13.7. The van der Waals surface area contributed by atoms with Gasteiger partial charge in [-0.1, -0.05) is 29.8 Å². The summed E-state index contributed by atoms with van der Waals surface area (Å²) in [6.45, 7) is 6.82. The molecule has 19 heavy (non-hydrogen) atoms. The summed E-state index contributed by atoms with van der Waals surface area (Å²) in [6.07, 6.45) is 1.74. The van der Waals surface area contributed by atoms with Gasteiger partial charge in [0.25, 0.3) is 0 Å². The predicted molar refractivity (Wildman–Crippen MR) is 78.6 cm³/mol. The van der Waals surface area contributed by atoms with Gasteiger partial charge in [0.1, 0.15) is 0 Å². The second kappa shape index (κ2) is 6.23. The molecule has 0 amide bonds. The average Bonchev–Trinajstić information content (AvgIpc) is 2.41. The molecule has 0 spiro atoms. The molecule has 3 heteroatoms. The lowest BCUT2D eigenvalue weighted by Crippen LogP contribution is -2.09. The molecular weight excluding hydrogens is 236 g/mol. The summed E-state index contributed by atoms with van der Waals surface area (Å²) in [7, 11) is 0. The largest absolute Gasteiger partial charge is 0.476 e. The fraction of sp³-hybridized carbons (Fsp3) is 0.312. The number of rotatable bonds is 5. The van der Waals surface area contributed by atoms with E-state index in [-0.39, 0.29) is 6.04 Å². The van der Waals surface area contributed by atoms with E-state index >= 15 is 0 Å². The molecule has 0 saturated heterocycles. The molecule has 1 N–H and O–H groups in total. The van der Waals surface area contributed by atoms with Crippen molar-refractivity contribution in [1.82, 2.24) is 4.98 Å². The summed E-state index contributed by atoms with van der Waals surface area (Å²) in [5.41, 5.74) is 3.45. The summed E-state index contributed by atoms with van der Waals surface area (Å²) >= 11 is 0. The number of nitrogens with zero attached hydrogens (tertiary/aromatic N) is 1. The van der Waals surface area contributed by atoms with Crippen LogP contribution in [0.5, 0.6) is 5.88 Å². The molecule has 0 bridgehead atoms. The van der Waals surface area contributed by atoms with E-state index in [0.717, 1.165) is 5.69 Å². The smallest absolute Gasteiger partial charge is 0.237 e. The van der Waals surface area contributed by atoms with Gasteiger partial charge in [0, 0.05) is 12.2 Å². The first-order valence-corrected chi connectivity index (χ1v) is 6.61. The SMILES string of the molecule is CCOc1ncccc1NC(C)c1cccc(C)c1. The van der Waals surface area contributed by atoms with Crippen LogP contribution < -0.4 is 10.1 Å². The lowest BCUT2D eigenvalue weighted by molar-refractivity contribution is 0.328. The predicted octanol–water partition coefficient (Wildman–Crippen LogP) is 3.96. The van der Waals surface area contributed by atoms with Crippen LogP contribution in [0.15, 0.2) is 42.6 Å². The Labute approximate surface area is 114 Å². The van der Waals surface area contributed by atoms with Gasteiger partial charge in [0.15, 0.2) is 0 Å². The van der Waals surface area contributed by atoms with Crippen molar-refractivity contribution < 1.29 is 4.74 Å². The number of hydrogen-bond donors (Lipinski definition) is 1. The molecule has 1 heterocycles. The van der Waals surface area contributed by atoms with Crippen molar-refractivity contribution in [2.45, 2.75) is 26.8 Å². The van der Waals surface area contributed by atoms with Gasteiger partial charge in [-0.3, -0.25) is 0 Å². The van der Waals surface area contributed by atoms with Crippen LogP contribution in [0.2, 0.25) is 0 Å². The number of aromatic nitrogens is 1. The van der Waals surface area contributed by atoms with Crippen LogP contribution in [-0.4, -0.2) is 11.6 Å². The van der Waals surface area contributed by atoms with Crippen LogP contribution in [0.4, 0.5) is 5.69 Å². The van der Waals surface area contributed by atoms with Crippen LogP contribution in [0, 0.1) is 6.92 Å². The van der Waals surface area contributed by atoms with Crippen LogP contribution in [0.3, 0.4) is 0 Å². The Hall–Kier alpha value is -2.03. The first kappa shape index (κ1) is 13.4. The van der Waals surface area contributed by atoms with Crippen molar-refractivity contribution in [2.75, 3.05) is 11.9 Å². The van der Waals surface area contributed by atoms with Crippen molar-refractivity contribution in [3.05, 3.63) is 53.7 Å². The van der Waals surface area contributed by atoms with Crippen LogP contribution in [-0.2, 0) is 0 Å². The van der Waals surface area contributed by atoms with Gasteiger partial charge in [-0.25, -0.2) is 4.98 Å². The molecule has 1 aromatic carbocycles. The normalized spacial score (nSPS) is 11.9. The molecule has 2 rings (SSSR count). The molecule has 100 valence electrons. The average molecular weight is 256 g/mol. The Bertz CT molecular complexity index is 540. The highest BCUT2D eigenvalue weighted by molar-refractivity contribution is 5.53. The number of hydrogen-bond acceptors (Lipinski definition) is 3. The molecular formula is C16H20N2O. The number of benzene rings is 1. The van der Waals surface area contributed by atoms with Gasteiger partial charge >= 0.3 is 0 Å². The Morgan fingerprint density at radius 1 is 1.26 bits per heavy atom. The van der Waals surface area contributed by atoms with E-state index in [4.69, 9.17) is 4.74 Å². The molecule has 0 saturated carbocycles. The third-order valence-electron chi connectivity index (χ3n) is 2.97. The molecule has 1 aromatic heterocycles. The second-order valence-electron chi connectivity index (χ2n) is 4.57. The van der Waals surface area contributed by atoms with Crippen LogP contribution in [0.25, 0.3) is 0 Å². The number of aryl methyl sites for hydroxylation is 1. The summed E-state index contributed by atoms with van der Waals surface area (Å²) in [5.74, 6) is 0.657. The molecule has 0 radical (unpaired) electrons. The fourth-order valence-corrected chi connectivity index (χ4v) is 2.01. The number of ether oxygens (including phenoxy) is 1. The summed E-state index contributed by atoms with van der Waals surface area (Å²) < 4.78 is 5.52. The van der Waals surface area contributed by atoms with Crippen molar-refractivity contribution in [1.29, 1.82) is 0 Å². The third kappa shape index (κ3) is 3.47. The Morgan fingerprint density at radius 3 is 2.84 bits per heavy atom. The van der Waals surface area contributed by atoms with Gasteiger partial charge in [-0.15, -0.1) is 0 Å². The maximum atomic E-state index is 5.52. The summed E-state index contributed by atoms with van der Waals surface area (Å²) in [5, 5.41) is 3.45. The molecule has 1 atom stereocenters. The first-order valence-electron chi connectivity index (χ1n) is 6.61. The zero-order valence-electron chi connectivity index (χ0n) is 11.7. The van der Waals surface area contributed by atoms with E-state index in [0.29, 0.717) is 12.5 Å². The van der Waals surface area contributed by atoms with Crippen molar-refractivity contribution in [3.63, 3.8) is 0 Å². The van der Waals surface area contributed by atoms with E-state index in [9.17, 15) is 0 Å². The Morgan fingerprint density at radius 2 is 2.11 bits per heavy atom. The summed E-state index contributed by atoms with van der Waals surface area (Å²) in [6, 6.07) is 12.6. The maximum absolute atomic E-state index is 5.52. The van der Waals surface area contributed by atoms with Gasteiger partial charge < -0.3 is 10.1 Å². The lowest BCUT2D eigenvalue weighted by atomic mass is 10.1. The molecule has 3 nitrogen and oxygen atoms in total. The van der Waals surface area contributed by atoms with Crippen LogP contribution in [0.1, 0.15) is 31.0 Å². The number of nitrogens with one attached hydrogen (secondary N) is 1. The second-order valence-corrected chi connectivity index (χ2v) is 4.57. The zero-order valence-corrected chi connectivity index (χ0v) is 11.7. The van der Waals surface area contributed by atoms with E-state index in [2.05, 4.69) is 48.4 Å². The van der Waals surface area contributed by atoms with Gasteiger partial charge in [0.2, 0.25) is 5.88 Å². The minimum Gasteiger partial charge on any atom is -0.476 e. The minimum atomic E-state index is 0.211. The molecule has 0 aliphatic carbocycles. The quantitative estimate of drug-likeness (QED) is 0.879. The molecule has 0 aliphatic heterocycles. The lowest BCUT2D eigenvalue weighted by Gasteiger charge is -2.18. The van der Waals surface area contributed by atoms with Crippen molar-refractivity contribution in [2.24, 2.45) is 0 Å². The summed E-state index contributed by atoms with van der Waals surface area (Å²) in [4.78, 5) is 4.25. The number of pyridine rings is 1. The fourth-order valence-electron chi connectivity index (χ4n) is 2.01. The maximum Gasteiger partial charge on any atom is 0.237 e. The van der Waals surface area contributed by atoms with E-state index in [1.165, 1.54) is 11.1 Å². The highest BCUT2D eigenvalue weighted by Gasteiger charge is 2.09. The number of anilines is 1. The van der Waals surface area contributed by atoms with Gasteiger partial charge in [-0.2, -0.15) is 0 Å². The minimum absolute atomic E-state index is 0.211. The Kier molecular flexibility index (Phi) is 4.39. The monoisotopic (exact) mass is 256 g/mol. The van der Waals surface area contributed by atoms with Crippen molar-refractivity contribution in [3.8, 4) is 5.88 Å². The topological polar surface area (TPSA) is 34.1 Å². The highest BCUT2D eigenvalue weighted by Crippen LogP contribution is 2.26. The van der Waals surface area contributed by atoms with Crippen molar-refractivity contribution >= 4 is 5.69 Å². The highest BCUT2D eigenvalue weighted by atomic mass is 16.5. The van der Waals surface area contributed by atoms with E-state index < -0.39 is 0 Å². The standard InChI is InChI=1S/C16H20N2O/c1-4-19-16-15(9-6-10-17-16)18-13(3)14-8-5-7-12(2)11-14/h5-11,13,18H,4H2,1-3H3. The Balaban J connectivity index is 2.16. The molecule has 0 aliphatic rings. The van der Waals surface area contributed by atoms with Gasteiger partial charge in [-0.05, 0) is 38.5 Å².